The second kappa shape index (κ2) is 8.54. The highest BCUT2D eigenvalue weighted by molar-refractivity contribution is 6.03. The number of anilines is 1. The van der Waals surface area contributed by atoms with Gasteiger partial charge in [0.15, 0.2) is 0 Å². The molecule has 10 heteroatoms. The van der Waals surface area contributed by atoms with Gasteiger partial charge in [-0.2, -0.15) is 13.2 Å². The molecule has 1 amide bonds. The highest BCUT2D eigenvalue weighted by Gasteiger charge is 2.33. The van der Waals surface area contributed by atoms with Crippen LogP contribution in [0.1, 0.15) is 47.6 Å². The zero-order valence-corrected chi connectivity index (χ0v) is 16.8. The third kappa shape index (κ3) is 4.63. The number of hydrogen-bond acceptors (Lipinski definition) is 5. The summed E-state index contributed by atoms with van der Waals surface area (Å²) in [6.07, 6.45) is 0.803. The second-order valence-electron chi connectivity index (χ2n) is 7.19. The number of fused-ring (bicyclic) bond motifs is 1. The van der Waals surface area contributed by atoms with Crippen LogP contribution >= 0.6 is 0 Å². The minimum Gasteiger partial charge on any atom is -0.491 e. The van der Waals surface area contributed by atoms with Crippen LogP contribution in [0.5, 0.6) is 5.75 Å². The van der Waals surface area contributed by atoms with Crippen molar-refractivity contribution in [2.45, 2.75) is 31.9 Å². The van der Waals surface area contributed by atoms with Crippen LogP contribution in [0.3, 0.4) is 0 Å². The number of carbonyl (C=O) groups excluding carboxylic acids is 1. The standard InChI is InChI=1S/C21H21F3N4O3/c1-2-31-17-9-19-26-15(13-5-4-8-30-12-13)10-28(19)11-16(17)27-20(29)14-6-3-7-18(25-14)21(22,23)24/h3,6-7,9-11,13H,2,4-5,8,12H2,1H3,(H,27,29). The normalized spacial score (nSPS) is 17.0. The SMILES string of the molecule is CCOc1cc2nc(C3CCCOC3)cn2cc1NC(=O)c1cccc(C(F)(F)F)n1. The molecule has 7 nitrogen and oxygen atoms in total. The Morgan fingerprint density at radius 2 is 2.16 bits per heavy atom. The smallest absolute Gasteiger partial charge is 0.433 e. The Balaban J connectivity index is 1.64. The first-order valence-corrected chi connectivity index (χ1v) is 9.94. The van der Waals surface area contributed by atoms with Gasteiger partial charge in [-0.05, 0) is 31.9 Å². The van der Waals surface area contributed by atoms with Gasteiger partial charge in [0.2, 0.25) is 0 Å². The number of hydrogen-bond donors (Lipinski definition) is 1. The maximum Gasteiger partial charge on any atom is 0.433 e. The average Bonchev–Trinajstić information content (AvgIpc) is 3.17. The van der Waals surface area contributed by atoms with E-state index in [1.54, 1.807) is 23.6 Å². The van der Waals surface area contributed by atoms with E-state index in [4.69, 9.17) is 9.47 Å². The van der Waals surface area contributed by atoms with Crippen LogP contribution in [0.4, 0.5) is 18.9 Å². The Morgan fingerprint density at radius 1 is 1.32 bits per heavy atom. The van der Waals surface area contributed by atoms with E-state index in [0.717, 1.165) is 37.3 Å². The summed E-state index contributed by atoms with van der Waals surface area (Å²) in [7, 11) is 0. The topological polar surface area (TPSA) is 77.8 Å². The van der Waals surface area contributed by atoms with Crippen LogP contribution in [-0.2, 0) is 10.9 Å². The molecule has 0 saturated carbocycles. The third-order valence-electron chi connectivity index (χ3n) is 4.97. The fourth-order valence-electron chi connectivity index (χ4n) is 3.48. The first-order chi connectivity index (χ1) is 14.8. The molecule has 1 unspecified atom stereocenters. The van der Waals surface area contributed by atoms with Crippen molar-refractivity contribution >= 4 is 17.2 Å². The van der Waals surface area contributed by atoms with E-state index in [2.05, 4.69) is 15.3 Å². The Kier molecular flexibility index (Phi) is 5.81. The van der Waals surface area contributed by atoms with Gasteiger partial charge in [-0.25, -0.2) is 9.97 Å². The summed E-state index contributed by atoms with van der Waals surface area (Å²) in [5.41, 5.74) is 0.351. The van der Waals surface area contributed by atoms with Gasteiger partial charge in [0.1, 0.15) is 28.5 Å². The second-order valence-corrected chi connectivity index (χ2v) is 7.19. The molecule has 0 bridgehead atoms. The minimum absolute atomic E-state index is 0.191. The van der Waals surface area contributed by atoms with Crippen LogP contribution in [0.25, 0.3) is 5.65 Å². The molecular weight excluding hydrogens is 413 g/mol. The predicted octanol–water partition coefficient (Wildman–Crippen LogP) is 4.29. The van der Waals surface area contributed by atoms with Crippen molar-refractivity contribution in [3.8, 4) is 5.75 Å². The van der Waals surface area contributed by atoms with Gasteiger partial charge in [0.05, 0.1) is 18.9 Å². The fourth-order valence-corrected chi connectivity index (χ4v) is 3.48. The lowest BCUT2D eigenvalue weighted by Gasteiger charge is -2.19. The van der Waals surface area contributed by atoms with Crippen molar-refractivity contribution in [3.05, 3.63) is 53.7 Å². The van der Waals surface area contributed by atoms with Crippen LogP contribution in [0.15, 0.2) is 36.7 Å². The number of nitrogens with one attached hydrogen (secondary N) is 1. The number of halogens is 3. The van der Waals surface area contributed by atoms with Crippen molar-refractivity contribution in [2.24, 2.45) is 0 Å². The van der Waals surface area contributed by atoms with Crippen LogP contribution in [-0.4, -0.2) is 40.1 Å². The average molecular weight is 434 g/mol. The molecule has 1 fully saturated rings. The van der Waals surface area contributed by atoms with E-state index in [0.29, 0.717) is 30.3 Å². The number of ether oxygens (including phenoxy) is 2. The maximum absolute atomic E-state index is 12.9. The molecule has 164 valence electrons. The van der Waals surface area contributed by atoms with Crippen molar-refractivity contribution in [2.75, 3.05) is 25.1 Å². The highest BCUT2D eigenvalue weighted by Crippen LogP contribution is 2.31. The van der Waals surface area contributed by atoms with Crippen molar-refractivity contribution in [3.63, 3.8) is 0 Å². The van der Waals surface area contributed by atoms with E-state index in [1.807, 2.05) is 6.20 Å². The van der Waals surface area contributed by atoms with E-state index in [-0.39, 0.29) is 11.6 Å². The summed E-state index contributed by atoms with van der Waals surface area (Å²) in [6, 6.07) is 4.87. The Bertz CT molecular complexity index is 1090. The number of carbonyl (C=O) groups is 1. The molecule has 1 aliphatic heterocycles. The zero-order chi connectivity index (χ0) is 22.0. The van der Waals surface area contributed by atoms with Crippen molar-refractivity contribution in [1.82, 2.24) is 14.4 Å². The highest BCUT2D eigenvalue weighted by atomic mass is 19.4. The lowest BCUT2D eigenvalue weighted by molar-refractivity contribution is -0.141. The maximum atomic E-state index is 12.9. The number of pyridine rings is 2. The van der Waals surface area contributed by atoms with E-state index in [9.17, 15) is 18.0 Å². The molecule has 4 rings (SSSR count). The number of alkyl halides is 3. The summed E-state index contributed by atoms with van der Waals surface area (Å²) < 4.78 is 51.7. The molecule has 4 heterocycles. The lowest BCUT2D eigenvalue weighted by Crippen LogP contribution is -2.17. The van der Waals surface area contributed by atoms with Gasteiger partial charge in [-0.1, -0.05) is 6.07 Å². The molecular formula is C21H21F3N4O3. The summed E-state index contributed by atoms with van der Waals surface area (Å²) in [5, 5.41) is 2.60. The molecule has 0 aliphatic carbocycles. The van der Waals surface area contributed by atoms with Gasteiger partial charge >= 0.3 is 6.18 Å². The predicted molar refractivity (Wildman–Crippen MR) is 106 cm³/mol. The molecule has 0 aromatic carbocycles. The van der Waals surface area contributed by atoms with Crippen molar-refractivity contribution in [1.29, 1.82) is 0 Å². The summed E-state index contributed by atoms with van der Waals surface area (Å²) in [6.45, 7) is 3.48. The Hall–Kier alpha value is -3.14. The van der Waals surface area contributed by atoms with E-state index < -0.39 is 17.8 Å². The number of nitrogens with zero attached hydrogens (tertiary/aromatic N) is 3. The van der Waals surface area contributed by atoms with E-state index in [1.165, 1.54) is 6.07 Å². The third-order valence-corrected chi connectivity index (χ3v) is 4.97. The number of amides is 1. The summed E-state index contributed by atoms with van der Waals surface area (Å²) in [5.74, 6) is -0.212. The van der Waals surface area contributed by atoms with Gasteiger partial charge in [-0.15, -0.1) is 0 Å². The largest absolute Gasteiger partial charge is 0.491 e. The zero-order valence-electron chi connectivity index (χ0n) is 16.8. The summed E-state index contributed by atoms with van der Waals surface area (Å²) >= 11 is 0. The van der Waals surface area contributed by atoms with Gasteiger partial charge in [0.25, 0.3) is 5.91 Å². The Morgan fingerprint density at radius 3 is 2.87 bits per heavy atom. The van der Waals surface area contributed by atoms with Gasteiger partial charge in [-0.3, -0.25) is 4.79 Å². The molecule has 31 heavy (non-hydrogen) atoms. The van der Waals surface area contributed by atoms with Crippen LogP contribution < -0.4 is 10.1 Å². The number of imidazole rings is 1. The molecule has 0 spiro atoms. The quantitative estimate of drug-likeness (QED) is 0.648. The number of rotatable bonds is 5. The van der Waals surface area contributed by atoms with Crippen LogP contribution in [0, 0.1) is 0 Å². The van der Waals surface area contributed by atoms with Gasteiger partial charge < -0.3 is 19.2 Å². The lowest BCUT2D eigenvalue weighted by atomic mass is 9.99. The molecule has 1 saturated heterocycles. The molecule has 3 aromatic rings. The number of aromatic nitrogens is 3. The molecule has 1 N–H and O–H groups in total. The molecule has 1 atom stereocenters. The first-order valence-electron chi connectivity index (χ1n) is 9.94. The van der Waals surface area contributed by atoms with E-state index >= 15 is 0 Å². The monoisotopic (exact) mass is 434 g/mol. The van der Waals surface area contributed by atoms with Crippen molar-refractivity contribution < 1.29 is 27.4 Å². The van der Waals surface area contributed by atoms with Crippen LogP contribution in [0.2, 0.25) is 0 Å². The first kappa shape index (κ1) is 21.1. The Labute approximate surface area is 176 Å². The molecule has 0 radical (unpaired) electrons. The van der Waals surface area contributed by atoms with Gasteiger partial charge in [0, 0.05) is 31.0 Å². The minimum atomic E-state index is -4.64. The molecule has 1 aliphatic rings. The molecule has 3 aromatic heterocycles. The summed E-state index contributed by atoms with van der Waals surface area (Å²) in [4.78, 5) is 20.7. The fraction of sp³-hybridized carbons (Fsp3) is 0.381.